The van der Waals surface area contributed by atoms with E-state index in [1.54, 1.807) is 12.5 Å². The van der Waals surface area contributed by atoms with Gasteiger partial charge in [0.25, 0.3) is 0 Å². The van der Waals surface area contributed by atoms with Crippen LogP contribution in [0.25, 0.3) is 17.2 Å². The number of anilines is 5. The Morgan fingerprint density at radius 2 is 1.88 bits per heavy atom. The highest BCUT2D eigenvalue weighted by Crippen LogP contribution is 2.31. The smallest absolute Gasteiger partial charge is 0.235 e. The normalized spacial score (nSPS) is 15.8. The molecular weight excluding hydrogens is 404 g/mol. The molecule has 2 aliphatic heterocycles. The third-order valence-electron chi connectivity index (χ3n) is 5.68. The topological polar surface area (TPSA) is 95.1 Å². The highest BCUT2D eigenvalue weighted by atomic mass is 16.5. The summed E-state index contributed by atoms with van der Waals surface area (Å²) in [6.45, 7) is 4.01. The van der Waals surface area contributed by atoms with Crippen LogP contribution in [0.1, 0.15) is 5.56 Å². The van der Waals surface area contributed by atoms with Crippen molar-refractivity contribution in [3.8, 4) is 0 Å². The summed E-state index contributed by atoms with van der Waals surface area (Å²) >= 11 is 0. The minimum absolute atomic E-state index is 0.557. The van der Waals surface area contributed by atoms with Crippen LogP contribution < -0.4 is 15.1 Å². The molecule has 4 aromatic rings. The molecular formula is C23H22N8O. The summed E-state index contributed by atoms with van der Waals surface area (Å²) in [5.74, 6) is 2.07. The fraction of sp³-hybridized carbons (Fsp3) is 0.217. The molecule has 0 atom stereocenters. The molecule has 0 unspecified atom stereocenters. The molecule has 5 heterocycles. The minimum atomic E-state index is 0.557. The van der Waals surface area contributed by atoms with E-state index >= 15 is 0 Å². The molecule has 32 heavy (non-hydrogen) atoms. The quantitative estimate of drug-likeness (QED) is 0.512. The monoisotopic (exact) mass is 426 g/mol. The highest BCUT2D eigenvalue weighted by Gasteiger charge is 2.21. The Kier molecular flexibility index (Phi) is 4.65. The van der Waals surface area contributed by atoms with E-state index in [1.165, 1.54) is 5.69 Å². The van der Waals surface area contributed by atoms with Crippen molar-refractivity contribution in [3.05, 3.63) is 60.6 Å². The molecule has 0 bridgehead atoms. The molecule has 1 saturated heterocycles. The fourth-order valence-electron chi connectivity index (χ4n) is 4.06. The van der Waals surface area contributed by atoms with E-state index in [-0.39, 0.29) is 0 Å². The molecule has 0 saturated carbocycles. The van der Waals surface area contributed by atoms with Crippen molar-refractivity contribution in [2.75, 3.05) is 48.0 Å². The van der Waals surface area contributed by atoms with Crippen LogP contribution in [0.2, 0.25) is 0 Å². The summed E-state index contributed by atoms with van der Waals surface area (Å²) in [4.78, 5) is 25.9. The van der Waals surface area contributed by atoms with E-state index in [1.807, 2.05) is 17.0 Å². The number of imidazole rings is 1. The number of benzene rings is 1. The first kappa shape index (κ1) is 18.8. The molecule has 0 amide bonds. The van der Waals surface area contributed by atoms with Crippen LogP contribution in [-0.4, -0.2) is 57.8 Å². The maximum absolute atomic E-state index is 5.45. The number of H-pyrrole nitrogens is 1. The number of aromatic amines is 1. The summed E-state index contributed by atoms with van der Waals surface area (Å²) in [6.07, 6.45) is 7.58. The van der Waals surface area contributed by atoms with Crippen molar-refractivity contribution in [1.29, 1.82) is 0 Å². The molecule has 9 nitrogen and oxygen atoms in total. The predicted octanol–water partition coefficient (Wildman–Crippen LogP) is 3.49. The lowest BCUT2D eigenvalue weighted by Crippen LogP contribution is -2.36. The SMILES string of the molecule is C1=Cc2cccnc2N(c2nc(Nc3ccc(N4CCOCC4)cc3)c3[nH]cnc3n2)C1. The molecule has 1 fully saturated rings. The van der Waals surface area contributed by atoms with Crippen molar-refractivity contribution >= 4 is 46.2 Å². The van der Waals surface area contributed by atoms with E-state index in [0.29, 0.717) is 24.0 Å². The molecule has 0 radical (unpaired) electrons. The molecule has 6 rings (SSSR count). The van der Waals surface area contributed by atoms with Crippen molar-refractivity contribution in [2.45, 2.75) is 0 Å². The van der Waals surface area contributed by atoms with Gasteiger partial charge in [-0.15, -0.1) is 0 Å². The zero-order chi connectivity index (χ0) is 21.3. The Labute approximate surface area is 184 Å². The van der Waals surface area contributed by atoms with Crippen LogP contribution >= 0.6 is 0 Å². The first-order chi connectivity index (χ1) is 15.8. The second kappa shape index (κ2) is 7.93. The van der Waals surface area contributed by atoms with E-state index in [4.69, 9.17) is 9.72 Å². The Morgan fingerprint density at radius 3 is 2.75 bits per heavy atom. The largest absolute Gasteiger partial charge is 0.378 e. The van der Waals surface area contributed by atoms with Crippen LogP contribution in [0, 0.1) is 0 Å². The zero-order valence-electron chi connectivity index (χ0n) is 17.4. The zero-order valence-corrected chi connectivity index (χ0v) is 17.4. The second-order valence-electron chi connectivity index (χ2n) is 7.67. The number of hydrogen-bond donors (Lipinski definition) is 2. The molecule has 2 aliphatic rings. The molecule has 0 aliphatic carbocycles. The van der Waals surface area contributed by atoms with Gasteiger partial charge in [-0.25, -0.2) is 9.97 Å². The van der Waals surface area contributed by atoms with Gasteiger partial charge in [0.2, 0.25) is 5.95 Å². The predicted molar refractivity (Wildman–Crippen MR) is 125 cm³/mol. The van der Waals surface area contributed by atoms with E-state index < -0.39 is 0 Å². The Hall–Kier alpha value is -3.98. The summed E-state index contributed by atoms with van der Waals surface area (Å²) in [5, 5.41) is 3.44. The summed E-state index contributed by atoms with van der Waals surface area (Å²) in [6, 6.07) is 12.3. The Balaban J connectivity index is 1.32. The van der Waals surface area contributed by atoms with E-state index in [2.05, 4.69) is 66.6 Å². The van der Waals surface area contributed by atoms with Gasteiger partial charge in [-0.05, 0) is 36.4 Å². The number of rotatable bonds is 4. The summed E-state index contributed by atoms with van der Waals surface area (Å²) in [7, 11) is 0. The standard InChI is InChI=1S/C23H22N8O/c1-3-16-4-2-10-31(22(16)24-9-1)23-28-20-19(25-15-26-20)21(29-23)27-17-5-7-18(8-6-17)30-11-13-32-14-12-30/h1-9,15H,10-14H2,(H2,25,26,27,28,29). The van der Waals surface area contributed by atoms with Gasteiger partial charge < -0.3 is 19.9 Å². The second-order valence-corrected chi connectivity index (χ2v) is 7.67. The number of ether oxygens (including phenoxy) is 1. The van der Waals surface area contributed by atoms with Gasteiger partial charge in [-0.2, -0.15) is 9.97 Å². The minimum Gasteiger partial charge on any atom is -0.378 e. The van der Waals surface area contributed by atoms with E-state index in [9.17, 15) is 0 Å². The lowest BCUT2D eigenvalue weighted by atomic mass is 10.2. The number of nitrogens with zero attached hydrogens (tertiary/aromatic N) is 6. The number of pyridine rings is 1. The van der Waals surface area contributed by atoms with Crippen LogP contribution in [0.3, 0.4) is 0 Å². The number of nitrogens with one attached hydrogen (secondary N) is 2. The van der Waals surface area contributed by atoms with Crippen molar-refractivity contribution < 1.29 is 4.74 Å². The molecule has 1 aromatic carbocycles. The Morgan fingerprint density at radius 1 is 1.00 bits per heavy atom. The Bertz CT molecular complexity index is 1280. The van der Waals surface area contributed by atoms with E-state index in [0.717, 1.165) is 48.9 Å². The maximum atomic E-state index is 5.45. The van der Waals surface area contributed by atoms with Gasteiger partial charge in [0.1, 0.15) is 11.3 Å². The summed E-state index contributed by atoms with van der Waals surface area (Å²) in [5.41, 5.74) is 4.54. The third kappa shape index (κ3) is 3.42. The number of aromatic nitrogens is 5. The molecule has 2 N–H and O–H groups in total. The summed E-state index contributed by atoms with van der Waals surface area (Å²) < 4.78 is 5.45. The van der Waals surface area contributed by atoms with Crippen LogP contribution in [0.4, 0.5) is 29.0 Å². The van der Waals surface area contributed by atoms with Crippen molar-refractivity contribution in [1.82, 2.24) is 24.9 Å². The lowest BCUT2D eigenvalue weighted by Gasteiger charge is -2.29. The molecule has 3 aromatic heterocycles. The van der Waals surface area contributed by atoms with Gasteiger partial charge >= 0.3 is 0 Å². The third-order valence-corrected chi connectivity index (χ3v) is 5.68. The number of morpholine rings is 1. The first-order valence-corrected chi connectivity index (χ1v) is 10.7. The average molecular weight is 426 g/mol. The van der Waals surface area contributed by atoms with Gasteiger partial charge in [0, 0.05) is 42.8 Å². The maximum Gasteiger partial charge on any atom is 0.235 e. The molecule has 9 heteroatoms. The number of hydrogen-bond acceptors (Lipinski definition) is 8. The van der Waals surface area contributed by atoms with Gasteiger partial charge in [-0.1, -0.05) is 12.2 Å². The first-order valence-electron chi connectivity index (χ1n) is 10.7. The highest BCUT2D eigenvalue weighted by molar-refractivity contribution is 5.87. The fourth-order valence-corrected chi connectivity index (χ4v) is 4.06. The van der Waals surface area contributed by atoms with Crippen LogP contribution in [0.5, 0.6) is 0 Å². The van der Waals surface area contributed by atoms with Gasteiger partial charge in [0.15, 0.2) is 11.5 Å². The lowest BCUT2D eigenvalue weighted by molar-refractivity contribution is 0.122. The van der Waals surface area contributed by atoms with Crippen molar-refractivity contribution in [2.24, 2.45) is 0 Å². The number of fused-ring (bicyclic) bond motifs is 2. The van der Waals surface area contributed by atoms with Crippen molar-refractivity contribution in [3.63, 3.8) is 0 Å². The average Bonchev–Trinajstić information content (AvgIpc) is 3.34. The van der Waals surface area contributed by atoms with Crippen LogP contribution in [-0.2, 0) is 4.74 Å². The molecule has 0 spiro atoms. The van der Waals surface area contributed by atoms with Gasteiger partial charge in [-0.3, -0.25) is 4.90 Å². The molecule has 160 valence electrons. The van der Waals surface area contributed by atoms with Crippen LogP contribution in [0.15, 0.2) is 55.0 Å². The van der Waals surface area contributed by atoms with Gasteiger partial charge in [0.05, 0.1) is 19.5 Å².